The van der Waals surface area contributed by atoms with Crippen LogP contribution in [-0.4, -0.2) is 0 Å². The van der Waals surface area contributed by atoms with E-state index in [0.717, 1.165) is 6.42 Å². The van der Waals surface area contributed by atoms with Crippen LogP contribution in [0.5, 0.6) is 0 Å². The zero-order chi connectivity index (χ0) is 14.5. The molecule has 0 heterocycles. The van der Waals surface area contributed by atoms with Gasteiger partial charge in [0, 0.05) is 0 Å². The standard InChI is InChI=1S/C17H16.2ClH.Zr/c1-12-5-3-6-14(9-12)16-8-4-7-15-10-13(2)11-17(15)16;;;/h3-9,11H,10H2,1-2H3;2*1H;/q;;;+2/p-2. The summed E-state index contributed by atoms with van der Waals surface area (Å²) in [5.74, 6) is 0. The van der Waals surface area contributed by atoms with Gasteiger partial charge in [-0.25, -0.2) is 0 Å². The molecule has 2 aromatic carbocycles. The zero-order valence-corrected chi connectivity index (χ0v) is 15.6. The maximum absolute atomic E-state index is 4.93. The topological polar surface area (TPSA) is 0 Å². The summed E-state index contributed by atoms with van der Waals surface area (Å²) < 4.78 is 0. The van der Waals surface area contributed by atoms with E-state index in [4.69, 9.17) is 17.0 Å². The van der Waals surface area contributed by atoms with E-state index in [9.17, 15) is 0 Å². The van der Waals surface area contributed by atoms with E-state index in [1.807, 2.05) is 0 Å². The number of aryl methyl sites for hydroxylation is 1. The van der Waals surface area contributed by atoms with Gasteiger partial charge < -0.3 is 0 Å². The summed E-state index contributed by atoms with van der Waals surface area (Å²) in [6.07, 6.45) is 3.43. The van der Waals surface area contributed by atoms with Crippen LogP contribution in [0.15, 0.2) is 48.0 Å². The Balaban J connectivity index is 0.000000452. The summed E-state index contributed by atoms with van der Waals surface area (Å²) in [6, 6.07) is 15.4. The van der Waals surface area contributed by atoms with Crippen LogP contribution in [-0.2, 0) is 27.3 Å². The Bertz CT molecular complexity index is 633. The number of rotatable bonds is 1. The van der Waals surface area contributed by atoms with Crippen LogP contribution in [0.3, 0.4) is 0 Å². The third-order valence-electron chi connectivity index (χ3n) is 3.39. The predicted molar refractivity (Wildman–Crippen MR) is 85.7 cm³/mol. The molecule has 0 spiro atoms. The Morgan fingerprint density at radius 1 is 1.00 bits per heavy atom. The fraction of sp³-hybridized carbons (Fsp3) is 0.176. The van der Waals surface area contributed by atoms with Crippen LogP contribution in [0.25, 0.3) is 17.2 Å². The molecule has 3 heteroatoms. The number of benzene rings is 2. The van der Waals surface area contributed by atoms with Crippen molar-refractivity contribution >= 4 is 23.1 Å². The van der Waals surface area contributed by atoms with E-state index >= 15 is 0 Å². The summed E-state index contributed by atoms with van der Waals surface area (Å²) in [6.45, 7) is 4.35. The molecule has 1 aliphatic rings. The molecule has 0 unspecified atom stereocenters. The molecule has 0 aromatic heterocycles. The molecule has 0 saturated heterocycles. The summed E-state index contributed by atoms with van der Waals surface area (Å²) in [5, 5.41) is 0. The normalized spacial score (nSPS) is 12.1. The molecule has 0 radical (unpaired) electrons. The summed E-state index contributed by atoms with van der Waals surface area (Å²) >= 11 is -0.826. The van der Waals surface area contributed by atoms with Gasteiger partial charge in [0.2, 0.25) is 0 Å². The Morgan fingerprint density at radius 3 is 2.40 bits per heavy atom. The fourth-order valence-corrected chi connectivity index (χ4v) is 2.60. The molecule has 1 aliphatic carbocycles. The molecular formula is C17H16Cl2Zr. The van der Waals surface area contributed by atoms with Gasteiger partial charge in [0.1, 0.15) is 0 Å². The van der Waals surface area contributed by atoms with Crippen LogP contribution < -0.4 is 0 Å². The molecule has 0 nitrogen and oxygen atoms in total. The molecule has 0 fully saturated rings. The Hall–Kier alpha value is -0.357. The van der Waals surface area contributed by atoms with Crippen molar-refractivity contribution in [2.45, 2.75) is 20.3 Å². The zero-order valence-electron chi connectivity index (χ0n) is 11.6. The molecular weight excluding hydrogens is 366 g/mol. The molecule has 0 aliphatic heterocycles. The van der Waals surface area contributed by atoms with Gasteiger partial charge in [-0.05, 0) is 42.5 Å². The molecule has 0 atom stereocenters. The first-order valence-electron chi connectivity index (χ1n) is 6.48. The van der Waals surface area contributed by atoms with E-state index in [-0.39, 0.29) is 0 Å². The number of allylic oxidation sites excluding steroid dienone is 1. The van der Waals surface area contributed by atoms with Crippen LogP contribution in [0.1, 0.15) is 23.6 Å². The second-order valence-electron chi connectivity index (χ2n) is 4.99. The third kappa shape index (κ3) is 3.85. The molecule has 0 N–H and O–H groups in total. The number of halogens is 2. The van der Waals surface area contributed by atoms with Gasteiger partial charge in [0.05, 0.1) is 0 Å². The van der Waals surface area contributed by atoms with Crippen LogP contribution in [0, 0.1) is 6.92 Å². The van der Waals surface area contributed by atoms with E-state index in [2.05, 4.69) is 62.4 Å². The Labute approximate surface area is 139 Å². The minimum atomic E-state index is -0.826. The van der Waals surface area contributed by atoms with Crippen LogP contribution in [0.2, 0.25) is 0 Å². The molecule has 2 aromatic rings. The van der Waals surface area contributed by atoms with Crippen molar-refractivity contribution in [1.29, 1.82) is 0 Å². The van der Waals surface area contributed by atoms with E-state index in [1.54, 1.807) is 0 Å². The van der Waals surface area contributed by atoms with Gasteiger partial charge in [0.15, 0.2) is 0 Å². The quantitative estimate of drug-likeness (QED) is 0.568. The predicted octanol–water partition coefficient (Wildman–Crippen LogP) is 6.00. The average molecular weight is 382 g/mol. The van der Waals surface area contributed by atoms with Gasteiger partial charge in [-0.15, -0.1) is 0 Å². The summed E-state index contributed by atoms with van der Waals surface area (Å²) in [7, 11) is 9.87. The Kier molecular flexibility index (Phi) is 6.08. The summed E-state index contributed by atoms with van der Waals surface area (Å²) in [5.41, 5.74) is 8.34. The van der Waals surface area contributed by atoms with Gasteiger partial charge in [0.25, 0.3) is 0 Å². The molecule has 0 amide bonds. The third-order valence-corrected chi connectivity index (χ3v) is 3.39. The van der Waals surface area contributed by atoms with E-state index in [1.165, 1.54) is 33.4 Å². The molecule has 20 heavy (non-hydrogen) atoms. The Morgan fingerprint density at radius 2 is 1.70 bits per heavy atom. The van der Waals surface area contributed by atoms with Gasteiger partial charge in [-0.1, -0.05) is 59.7 Å². The number of hydrogen-bond acceptors (Lipinski definition) is 0. The molecule has 0 saturated carbocycles. The van der Waals surface area contributed by atoms with Crippen molar-refractivity contribution < 1.29 is 20.8 Å². The molecule has 0 bridgehead atoms. The average Bonchev–Trinajstić information content (AvgIpc) is 2.79. The van der Waals surface area contributed by atoms with E-state index in [0.29, 0.717) is 0 Å². The van der Waals surface area contributed by atoms with Crippen molar-refractivity contribution in [2.24, 2.45) is 0 Å². The molecule has 3 rings (SSSR count). The first-order chi connectivity index (χ1) is 9.65. The fourth-order valence-electron chi connectivity index (χ4n) is 2.60. The molecule has 102 valence electrons. The van der Waals surface area contributed by atoms with Crippen LogP contribution >= 0.6 is 17.0 Å². The second kappa shape index (κ2) is 7.59. The first-order valence-corrected chi connectivity index (χ1v) is 12.8. The van der Waals surface area contributed by atoms with Crippen molar-refractivity contribution in [3.8, 4) is 11.1 Å². The van der Waals surface area contributed by atoms with Crippen LogP contribution in [0.4, 0.5) is 0 Å². The minimum absolute atomic E-state index is 0.826. The number of hydrogen-bond donors (Lipinski definition) is 0. The maximum atomic E-state index is 4.93. The first kappa shape index (κ1) is 16.0. The van der Waals surface area contributed by atoms with Gasteiger partial charge in [-0.3, -0.25) is 0 Å². The second-order valence-corrected chi connectivity index (χ2v) is 8.72. The van der Waals surface area contributed by atoms with Crippen molar-refractivity contribution in [1.82, 2.24) is 0 Å². The van der Waals surface area contributed by atoms with Crippen molar-refractivity contribution in [2.75, 3.05) is 0 Å². The number of fused-ring (bicyclic) bond motifs is 1. The monoisotopic (exact) mass is 380 g/mol. The van der Waals surface area contributed by atoms with Crippen molar-refractivity contribution in [3.63, 3.8) is 0 Å². The SMILES string of the molecule is CC1=Cc2c(cccc2-c2cccc(C)c2)C1.[Cl][Zr][Cl]. The summed E-state index contributed by atoms with van der Waals surface area (Å²) in [4.78, 5) is 0. The van der Waals surface area contributed by atoms with Gasteiger partial charge >= 0.3 is 37.9 Å². The van der Waals surface area contributed by atoms with Gasteiger partial charge in [-0.2, -0.15) is 0 Å². The van der Waals surface area contributed by atoms with Crippen molar-refractivity contribution in [3.05, 3.63) is 64.7 Å². The van der Waals surface area contributed by atoms with E-state index < -0.39 is 20.8 Å².